The molecule has 1 amide bonds. The SMILES string of the molecule is COCCOC1CCN(C(=O)c2cc(F)ccc2F)C1. The Morgan fingerprint density at radius 3 is 2.95 bits per heavy atom. The molecular formula is C14H17F2NO3. The minimum Gasteiger partial charge on any atom is -0.382 e. The third kappa shape index (κ3) is 3.52. The highest BCUT2D eigenvalue weighted by Gasteiger charge is 2.28. The van der Waals surface area contributed by atoms with Gasteiger partial charge in [-0.25, -0.2) is 8.78 Å². The maximum atomic E-state index is 13.6. The molecule has 0 saturated carbocycles. The van der Waals surface area contributed by atoms with Crippen LogP contribution < -0.4 is 0 Å². The number of methoxy groups -OCH3 is 1. The summed E-state index contributed by atoms with van der Waals surface area (Å²) in [5.41, 5.74) is -0.234. The van der Waals surface area contributed by atoms with Crippen molar-refractivity contribution >= 4 is 5.91 Å². The fraction of sp³-hybridized carbons (Fsp3) is 0.500. The first-order valence-electron chi connectivity index (χ1n) is 6.46. The third-order valence-electron chi connectivity index (χ3n) is 3.23. The summed E-state index contributed by atoms with van der Waals surface area (Å²) in [6.07, 6.45) is 0.609. The van der Waals surface area contributed by atoms with Crippen LogP contribution >= 0.6 is 0 Å². The molecule has 0 radical (unpaired) electrons. The number of hydrogen-bond acceptors (Lipinski definition) is 3. The average Bonchev–Trinajstić information content (AvgIpc) is 2.90. The van der Waals surface area contributed by atoms with E-state index in [0.717, 1.165) is 18.2 Å². The Labute approximate surface area is 116 Å². The second kappa shape index (κ2) is 6.76. The zero-order valence-corrected chi connectivity index (χ0v) is 11.3. The van der Waals surface area contributed by atoms with Crippen molar-refractivity contribution < 1.29 is 23.0 Å². The predicted molar refractivity (Wildman–Crippen MR) is 68.5 cm³/mol. The molecule has 1 aliphatic heterocycles. The molecule has 20 heavy (non-hydrogen) atoms. The number of benzene rings is 1. The Morgan fingerprint density at radius 2 is 2.20 bits per heavy atom. The van der Waals surface area contributed by atoms with Crippen LogP contribution in [0.3, 0.4) is 0 Å². The van der Waals surface area contributed by atoms with Crippen molar-refractivity contribution in [1.82, 2.24) is 4.90 Å². The molecule has 1 unspecified atom stereocenters. The number of rotatable bonds is 5. The maximum absolute atomic E-state index is 13.6. The predicted octanol–water partition coefficient (Wildman–Crippen LogP) is 1.84. The van der Waals surface area contributed by atoms with Gasteiger partial charge in [-0.1, -0.05) is 0 Å². The van der Waals surface area contributed by atoms with Crippen LogP contribution in [-0.2, 0) is 9.47 Å². The lowest BCUT2D eigenvalue weighted by Crippen LogP contribution is -2.31. The molecule has 110 valence electrons. The molecule has 1 atom stereocenters. The molecule has 1 heterocycles. The number of carbonyl (C=O) groups excluding carboxylic acids is 1. The second-order valence-corrected chi connectivity index (χ2v) is 4.65. The van der Waals surface area contributed by atoms with E-state index in [9.17, 15) is 13.6 Å². The number of halogens is 2. The van der Waals surface area contributed by atoms with Crippen molar-refractivity contribution in [3.05, 3.63) is 35.4 Å². The van der Waals surface area contributed by atoms with E-state index in [2.05, 4.69) is 0 Å². The van der Waals surface area contributed by atoms with Crippen LogP contribution in [0.4, 0.5) is 8.78 Å². The Bertz CT molecular complexity index is 481. The molecule has 0 bridgehead atoms. The van der Waals surface area contributed by atoms with E-state index in [0.29, 0.717) is 32.7 Å². The fourth-order valence-electron chi connectivity index (χ4n) is 2.18. The van der Waals surface area contributed by atoms with E-state index in [1.54, 1.807) is 7.11 Å². The van der Waals surface area contributed by atoms with Gasteiger partial charge in [-0.3, -0.25) is 4.79 Å². The largest absolute Gasteiger partial charge is 0.382 e. The van der Waals surface area contributed by atoms with Gasteiger partial charge in [0.1, 0.15) is 11.6 Å². The van der Waals surface area contributed by atoms with Gasteiger partial charge in [-0.2, -0.15) is 0 Å². The number of likely N-dealkylation sites (tertiary alicyclic amines) is 1. The van der Waals surface area contributed by atoms with Crippen molar-refractivity contribution in [1.29, 1.82) is 0 Å². The van der Waals surface area contributed by atoms with Gasteiger partial charge in [0.25, 0.3) is 5.91 Å². The summed E-state index contributed by atoms with van der Waals surface area (Å²) in [6, 6.07) is 2.88. The summed E-state index contributed by atoms with van der Waals surface area (Å²) in [5.74, 6) is -1.83. The molecule has 0 N–H and O–H groups in total. The van der Waals surface area contributed by atoms with Crippen molar-refractivity contribution in [3.8, 4) is 0 Å². The fourth-order valence-corrected chi connectivity index (χ4v) is 2.18. The monoisotopic (exact) mass is 285 g/mol. The van der Waals surface area contributed by atoms with Crippen LogP contribution in [-0.4, -0.2) is 50.3 Å². The van der Waals surface area contributed by atoms with Crippen molar-refractivity contribution in [2.75, 3.05) is 33.4 Å². The van der Waals surface area contributed by atoms with Crippen LogP contribution in [0, 0.1) is 11.6 Å². The number of ether oxygens (including phenoxy) is 2. The molecule has 1 aliphatic rings. The Morgan fingerprint density at radius 1 is 1.40 bits per heavy atom. The van der Waals surface area contributed by atoms with Gasteiger partial charge in [0, 0.05) is 20.2 Å². The summed E-state index contributed by atoms with van der Waals surface area (Å²) in [6.45, 7) is 1.81. The first-order chi connectivity index (χ1) is 9.61. The highest BCUT2D eigenvalue weighted by atomic mass is 19.1. The topological polar surface area (TPSA) is 38.8 Å². The summed E-state index contributed by atoms with van der Waals surface area (Å²) in [5, 5.41) is 0. The number of amides is 1. The second-order valence-electron chi connectivity index (χ2n) is 4.65. The van der Waals surface area contributed by atoms with Crippen LogP contribution in [0.25, 0.3) is 0 Å². The lowest BCUT2D eigenvalue weighted by Gasteiger charge is -2.17. The molecule has 6 heteroatoms. The van der Waals surface area contributed by atoms with E-state index >= 15 is 0 Å². The molecule has 0 aliphatic carbocycles. The Balaban J connectivity index is 1.95. The zero-order valence-electron chi connectivity index (χ0n) is 11.3. The Kier molecular flexibility index (Phi) is 5.03. The lowest BCUT2D eigenvalue weighted by molar-refractivity contribution is 0.0218. The molecular weight excluding hydrogens is 268 g/mol. The number of carbonyl (C=O) groups is 1. The van der Waals surface area contributed by atoms with Crippen LogP contribution in [0.1, 0.15) is 16.8 Å². The van der Waals surface area contributed by atoms with Crippen LogP contribution in [0.15, 0.2) is 18.2 Å². The minimum atomic E-state index is -0.708. The van der Waals surface area contributed by atoms with Crippen molar-refractivity contribution in [2.45, 2.75) is 12.5 Å². The molecule has 0 spiro atoms. The van der Waals surface area contributed by atoms with Gasteiger partial charge in [-0.05, 0) is 24.6 Å². The molecule has 1 fully saturated rings. The first-order valence-corrected chi connectivity index (χ1v) is 6.46. The summed E-state index contributed by atoms with van der Waals surface area (Å²) >= 11 is 0. The van der Waals surface area contributed by atoms with E-state index < -0.39 is 17.5 Å². The quantitative estimate of drug-likeness (QED) is 0.775. The van der Waals surface area contributed by atoms with Gasteiger partial charge >= 0.3 is 0 Å². The van der Waals surface area contributed by atoms with Gasteiger partial charge < -0.3 is 14.4 Å². The molecule has 4 nitrogen and oxygen atoms in total. The maximum Gasteiger partial charge on any atom is 0.257 e. The molecule has 1 aromatic carbocycles. The third-order valence-corrected chi connectivity index (χ3v) is 3.23. The molecule has 2 rings (SSSR count). The van der Waals surface area contributed by atoms with Gasteiger partial charge in [0.15, 0.2) is 0 Å². The molecule has 1 saturated heterocycles. The minimum absolute atomic E-state index is 0.0780. The highest BCUT2D eigenvalue weighted by Crippen LogP contribution is 2.18. The summed E-state index contributed by atoms with van der Waals surface area (Å²) < 4.78 is 37.1. The van der Waals surface area contributed by atoms with E-state index in [1.807, 2.05) is 0 Å². The van der Waals surface area contributed by atoms with E-state index in [1.165, 1.54) is 4.90 Å². The van der Waals surface area contributed by atoms with Gasteiger partial charge in [-0.15, -0.1) is 0 Å². The molecule has 1 aromatic rings. The zero-order chi connectivity index (χ0) is 14.5. The van der Waals surface area contributed by atoms with Crippen molar-refractivity contribution in [3.63, 3.8) is 0 Å². The smallest absolute Gasteiger partial charge is 0.257 e. The van der Waals surface area contributed by atoms with Gasteiger partial charge in [0.05, 0.1) is 24.9 Å². The van der Waals surface area contributed by atoms with Gasteiger partial charge in [0.2, 0.25) is 0 Å². The van der Waals surface area contributed by atoms with E-state index in [-0.39, 0.29) is 11.7 Å². The summed E-state index contributed by atoms with van der Waals surface area (Å²) in [4.78, 5) is 13.6. The number of nitrogens with zero attached hydrogens (tertiary/aromatic N) is 1. The molecule has 0 aromatic heterocycles. The average molecular weight is 285 g/mol. The lowest BCUT2D eigenvalue weighted by atomic mass is 10.2. The highest BCUT2D eigenvalue weighted by molar-refractivity contribution is 5.94. The van der Waals surface area contributed by atoms with Crippen molar-refractivity contribution in [2.24, 2.45) is 0 Å². The first kappa shape index (κ1) is 14.9. The number of hydrogen-bond donors (Lipinski definition) is 0. The Hall–Kier alpha value is -1.53. The van der Waals surface area contributed by atoms with Crippen LogP contribution in [0.5, 0.6) is 0 Å². The standard InChI is InChI=1S/C14H17F2NO3/c1-19-6-7-20-11-4-5-17(9-11)14(18)12-8-10(15)2-3-13(12)16/h2-3,8,11H,4-7,9H2,1H3. The van der Waals surface area contributed by atoms with Crippen LogP contribution in [0.2, 0.25) is 0 Å². The summed E-state index contributed by atoms with van der Waals surface area (Å²) in [7, 11) is 1.58. The normalized spacial score (nSPS) is 18.6. The van der Waals surface area contributed by atoms with E-state index in [4.69, 9.17) is 9.47 Å².